The van der Waals surface area contributed by atoms with Crippen LogP contribution in [0.4, 0.5) is 5.69 Å². The molecule has 0 aliphatic carbocycles. The lowest BCUT2D eigenvalue weighted by molar-refractivity contribution is -0.384. The van der Waals surface area contributed by atoms with Crippen LogP contribution in [-0.2, 0) is 4.79 Å². The van der Waals surface area contributed by atoms with Gasteiger partial charge < -0.3 is 0 Å². The minimum absolute atomic E-state index is 0.0199. The first-order chi connectivity index (χ1) is 10.9. The quantitative estimate of drug-likeness (QED) is 0.431. The Kier molecular flexibility index (Phi) is 5.41. The number of nitro groups is 1. The highest BCUT2D eigenvalue weighted by Gasteiger charge is 2.30. The highest BCUT2D eigenvalue weighted by atomic mass is 16.6. The summed E-state index contributed by atoms with van der Waals surface area (Å²) in [4.78, 5) is 22.3. The Balaban J connectivity index is 1.94. The van der Waals surface area contributed by atoms with Gasteiger partial charge in [-0.3, -0.25) is 20.3 Å². The molecule has 2 atom stereocenters. The molecule has 1 aliphatic rings. The molecule has 1 fully saturated rings. The van der Waals surface area contributed by atoms with Crippen molar-refractivity contribution in [1.82, 2.24) is 16.3 Å². The molecule has 0 spiro atoms. The summed E-state index contributed by atoms with van der Waals surface area (Å²) in [5.74, 6) is 0.229. The van der Waals surface area contributed by atoms with Gasteiger partial charge in [0, 0.05) is 18.2 Å². The Morgan fingerprint density at radius 3 is 2.52 bits per heavy atom. The zero-order chi connectivity index (χ0) is 17.0. The number of non-ortho nitro benzene ring substituents is 1. The minimum atomic E-state index is -0.456. The van der Waals surface area contributed by atoms with Crippen LogP contribution < -0.4 is 16.3 Å². The largest absolute Gasteiger partial charge is 0.271 e. The van der Waals surface area contributed by atoms with Gasteiger partial charge in [0.15, 0.2) is 0 Å². The molecule has 1 amide bonds. The van der Waals surface area contributed by atoms with Crippen LogP contribution in [0.2, 0.25) is 0 Å². The zero-order valence-electron chi connectivity index (χ0n) is 13.4. The normalized spacial score (nSPS) is 21.5. The number of carbonyl (C=O) groups is 1. The van der Waals surface area contributed by atoms with Gasteiger partial charge in [-0.2, -0.15) is 5.10 Å². The fourth-order valence-electron chi connectivity index (χ4n) is 2.30. The van der Waals surface area contributed by atoms with E-state index < -0.39 is 4.92 Å². The molecule has 2 unspecified atom stereocenters. The van der Waals surface area contributed by atoms with E-state index in [0.717, 1.165) is 0 Å². The van der Waals surface area contributed by atoms with Crippen LogP contribution in [0.1, 0.15) is 32.8 Å². The second-order valence-electron chi connectivity index (χ2n) is 5.90. The van der Waals surface area contributed by atoms with Gasteiger partial charge in [0.05, 0.1) is 10.6 Å². The number of hydrazone groups is 1. The number of rotatable bonds is 5. The van der Waals surface area contributed by atoms with Gasteiger partial charge in [-0.15, -0.1) is 0 Å². The Labute approximate surface area is 134 Å². The molecule has 0 bridgehead atoms. The van der Waals surface area contributed by atoms with Crippen molar-refractivity contribution in [3.05, 3.63) is 39.9 Å². The Hall–Kier alpha value is -2.32. The van der Waals surface area contributed by atoms with Gasteiger partial charge in [-0.05, 0) is 37.0 Å². The third-order valence-corrected chi connectivity index (χ3v) is 3.88. The number of carbonyl (C=O) groups excluding carboxylic acids is 1. The number of hydrazine groups is 1. The molecule has 1 aliphatic heterocycles. The van der Waals surface area contributed by atoms with Crippen molar-refractivity contribution >= 4 is 17.3 Å². The molecule has 1 saturated heterocycles. The van der Waals surface area contributed by atoms with Crippen LogP contribution >= 0.6 is 0 Å². The first kappa shape index (κ1) is 17.0. The predicted octanol–water partition coefficient (Wildman–Crippen LogP) is 1.33. The first-order valence-corrected chi connectivity index (χ1v) is 7.48. The van der Waals surface area contributed by atoms with E-state index in [2.05, 4.69) is 35.2 Å². The molecule has 124 valence electrons. The minimum Gasteiger partial charge on any atom is -0.271 e. The van der Waals surface area contributed by atoms with Crippen molar-refractivity contribution in [2.75, 3.05) is 0 Å². The topological polar surface area (TPSA) is 109 Å². The fourth-order valence-corrected chi connectivity index (χ4v) is 2.30. The number of nitrogens with zero attached hydrogens (tertiary/aromatic N) is 2. The van der Waals surface area contributed by atoms with Crippen LogP contribution in [0.3, 0.4) is 0 Å². The van der Waals surface area contributed by atoms with Crippen molar-refractivity contribution < 1.29 is 9.72 Å². The summed E-state index contributed by atoms with van der Waals surface area (Å²) in [5, 5.41) is 14.7. The maximum absolute atomic E-state index is 12.1. The number of amides is 1. The van der Waals surface area contributed by atoms with Crippen LogP contribution in [0.15, 0.2) is 29.4 Å². The molecule has 1 aromatic rings. The predicted molar refractivity (Wildman–Crippen MR) is 86.8 cm³/mol. The van der Waals surface area contributed by atoms with E-state index in [1.807, 2.05) is 0 Å². The van der Waals surface area contributed by atoms with Crippen molar-refractivity contribution in [3.63, 3.8) is 0 Å². The van der Waals surface area contributed by atoms with Gasteiger partial charge in [0.25, 0.3) is 11.6 Å². The second kappa shape index (κ2) is 7.30. The molecule has 8 heteroatoms. The van der Waals surface area contributed by atoms with Gasteiger partial charge >= 0.3 is 0 Å². The number of benzene rings is 1. The van der Waals surface area contributed by atoms with Crippen LogP contribution in [0, 0.1) is 16.0 Å². The molecule has 8 nitrogen and oxygen atoms in total. The number of nitrogens with one attached hydrogen (secondary N) is 3. The summed E-state index contributed by atoms with van der Waals surface area (Å²) < 4.78 is 0. The molecule has 0 radical (unpaired) electrons. The van der Waals surface area contributed by atoms with Gasteiger partial charge in [0.2, 0.25) is 0 Å². The standard InChI is InChI=1S/C15H21N5O3/c1-9(2)13-8-14(18-17-13)15(21)19-16-10(3)11-4-6-12(7-5-11)20(22)23/h4-7,9,13-14,17-18H,8H2,1-3H3,(H,19,21)/b16-10-. The molecule has 1 heterocycles. The van der Waals surface area contributed by atoms with Gasteiger partial charge in [-0.25, -0.2) is 10.9 Å². The van der Waals surface area contributed by atoms with E-state index in [9.17, 15) is 14.9 Å². The van der Waals surface area contributed by atoms with Crippen molar-refractivity contribution in [2.45, 2.75) is 39.3 Å². The lowest BCUT2D eigenvalue weighted by Gasteiger charge is -2.12. The van der Waals surface area contributed by atoms with Crippen molar-refractivity contribution in [3.8, 4) is 0 Å². The van der Waals surface area contributed by atoms with E-state index in [1.165, 1.54) is 12.1 Å². The second-order valence-corrected chi connectivity index (χ2v) is 5.90. The van der Waals surface area contributed by atoms with E-state index in [-0.39, 0.29) is 23.7 Å². The van der Waals surface area contributed by atoms with Crippen LogP contribution in [0.5, 0.6) is 0 Å². The van der Waals surface area contributed by atoms with E-state index in [0.29, 0.717) is 23.6 Å². The average molecular weight is 319 g/mol. The van der Waals surface area contributed by atoms with E-state index in [1.54, 1.807) is 19.1 Å². The summed E-state index contributed by atoms with van der Waals surface area (Å²) in [6.07, 6.45) is 0.704. The van der Waals surface area contributed by atoms with Gasteiger partial charge in [0.1, 0.15) is 6.04 Å². The SMILES string of the molecule is C/C(=N/NC(=O)C1CC(C(C)C)NN1)c1ccc([N+](=O)[O-])cc1. The molecule has 0 saturated carbocycles. The number of nitro benzene ring substituents is 1. The Bertz CT molecular complexity index is 612. The third-order valence-electron chi connectivity index (χ3n) is 3.88. The molecular weight excluding hydrogens is 298 g/mol. The molecule has 0 aromatic heterocycles. The molecule has 3 N–H and O–H groups in total. The summed E-state index contributed by atoms with van der Waals surface area (Å²) >= 11 is 0. The monoisotopic (exact) mass is 319 g/mol. The zero-order valence-corrected chi connectivity index (χ0v) is 13.4. The van der Waals surface area contributed by atoms with E-state index >= 15 is 0 Å². The molecule has 1 aromatic carbocycles. The Morgan fingerprint density at radius 1 is 1.35 bits per heavy atom. The van der Waals surface area contributed by atoms with Gasteiger partial charge in [-0.1, -0.05) is 13.8 Å². The van der Waals surface area contributed by atoms with Crippen molar-refractivity contribution in [2.24, 2.45) is 11.0 Å². The van der Waals surface area contributed by atoms with Crippen LogP contribution in [-0.4, -0.2) is 28.6 Å². The molecular formula is C15H21N5O3. The summed E-state index contributed by atoms with van der Waals surface area (Å²) in [7, 11) is 0. The third kappa shape index (κ3) is 4.33. The maximum Gasteiger partial charge on any atom is 0.269 e. The fraction of sp³-hybridized carbons (Fsp3) is 0.467. The van der Waals surface area contributed by atoms with Crippen LogP contribution in [0.25, 0.3) is 0 Å². The summed E-state index contributed by atoms with van der Waals surface area (Å²) in [6.45, 7) is 5.92. The first-order valence-electron chi connectivity index (χ1n) is 7.48. The lowest BCUT2D eigenvalue weighted by atomic mass is 9.99. The van der Waals surface area contributed by atoms with Crippen molar-refractivity contribution in [1.29, 1.82) is 0 Å². The smallest absolute Gasteiger partial charge is 0.269 e. The highest BCUT2D eigenvalue weighted by molar-refractivity contribution is 5.99. The number of hydrogen-bond acceptors (Lipinski definition) is 6. The maximum atomic E-state index is 12.1. The Morgan fingerprint density at radius 2 is 2.00 bits per heavy atom. The molecule has 23 heavy (non-hydrogen) atoms. The summed E-state index contributed by atoms with van der Waals surface area (Å²) in [6, 6.07) is 5.96. The average Bonchev–Trinajstić information content (AvgIpc) is 3.02. The molecule has 2 rings (SSSR count). The van der Waals surface area contributed by atoms with E-state index in [4.69, 9.17) is 0 Å². The summed E-state index contributed by atoms with van der Waals surface area (Å²) in [5.41, 5.74) is 9.92. The lowest BCUT2D eigenvalue weighted by Crippen LogP contribution is -2.42. The number of hydrogen-bond donors (Lipinski definition) is 3. The highest BCUT2D eigenvalue weighted by Crippen LogP contribution is 2.14.